The minimum atomic E-state index is -4.52. The SMILES string of the molecule is CCC(=O)Cn1c(-c2ccc(Cl)cc2)nn(CC(=O)NC(C)(C)c2cccc(C(F)(F)F)c2)c1=O. The zero-order valence-corrected chi connectivity index (χ0v) is 20.1. The van der Waals surface area contributed by atoms with Gasteiger partial charge in [0.05, 0.1) is 17.6 Å². The van der Waals surface area contributed by atoms with Crippen LogP contribution in [0.3, 0.4) is 0 Å². The van der Waals surface area contributed by atoms with Crippen LogP contribution >= 0.6 is 11.6 Å². The summed E-state index contributed by atoms with van der Waals surface area (Å²) in [6, 6.07) is 11.1. The van der Waals surface area contributed by atoms with Crippen LogP contribution in [0.4, 0.5) is 13.2 Å². The Hall–Kier alpha value is -3.40. The summed E-state index contributed by atoms with van der Waals surface area (Å²) >= 11 is 5.93. The lowest BCUT2D eigenvalue weighted by atomic mass is 9.92. The molecule has 1 aromatic heterocycles. The van der Waals surface area contributed by atoms with E-state index in [2.05, 4.69) is 10.4 Å². The van der Waals surface area contributed by atoms with E-state index in [-0.39, 0.29) is 30.1 Å². The molecule has 186 valence electrons. The van der Waals surface area contributed by atoms with Crippen molar-refractivity contribution in [3.8, 4) is 11.4 Å². The lowest BCUT2D eigenvalue weighted by Crippen LogP contribution is -2.44. The van der Waals surface area contributed by atoms with Crippen LogP contribution in [0.25, 0.3) is 11.4 Å². The first-order valence-electron chi connectivity index (χ1n) is 10.8. The van der Waals surface area contributed by atoms with Crippen LogP contribution in [0.5, 0.6) is 0 Å². The van der Waals surface area contributed by atoms with Gasteiger partial charge in [0, 0.05) is 17.0 Å². The molecule has 0 fully saturated rings. The first-order valence-corrected chi connectivity index (χ1v) is 11.1. The van der Waals surface area contributed by atoms with Gasteiger partial charge in [0.1, 0.15) is 6.54 Å². The topological polar surface area (TPSA) is 86.0 Å². The minimum absolute atomic E-state index is 0.193. The summed E-state index contributed by atoms with van der Waals surface area (Å²) in [7, 11) is 0. The van der Waals surface area contributed by atoms with Crippen LogP contribution in [-0.4, -0.2) is 26.0 Å². The van der Waals surface area contributed by atoms with Gasteiger partial charge < -0.3 is 5.32 Å². The molecule has 3 aromatic rings. The molecule has 2 aromatic carbocycles. The van der Waals surface area contributed by atoms with Crippen molar-refractivity contribution in [3.05, 3.63) is 75.2 Å². The van der Waals surface area contributed by atoms with E-state index in [1.54, 1.807) is 45.0 Å². The van der Waals surface area contributed by atoms with Crippen molar-refractivity contribution >= 4 is 23.3 Å². The third-order valence-corrected chi connectivity index (χ3v) is 5.66. The molecule has 0 bridgehead atoms. The minimum Gasteiger partial charge on any atom is -0.346 e. The van der Waals surface area contributed by atoms with Crippen LogP contribution in [0.2, 0.25) is 5.02 Å². The maximum atomic E-state index is 13.1. The Morgan fingerprint density at radius 2 is 1.66 bits per heavy atom. The van der Waals surface area contributed by atoms with E-state index in [1.165, 1.54) is 16.7 Å². The van der Waals surface area contributed by atoms with Gasteiger partial charge in [-0.2, -0.15) is 13.2 Å². The number of nitrogens with zero attached hydrogens (tertiary/aromatic N) is 3. The molecule has 0 saturated carbocycles. The second-order valence-electron chi connectivity index (χ2n) is 8.50. The standard InChI is InChI=1S/C24H24ClF3N4O3/c1-4-19(33)13-31-21(15-8-10-18(25)11-9-15)30-32(22(31)35)14-20(34)29-23(2,3)16-6-5-7-17(12-16)24(26,27)28/h5-12H,4,13-14H2,1-3H3,(H,29,34). The van der Waals surface area contributed by atoms with Gasteiger partial charge >= 0.3 is 11.9 Å². The number of amides is 1. The van der Waals surface area contributed by atoms with Gasteiger partial charge in [0.15, 0.2) is 11.6 Å². The molecule has 0 unspecified atom stereocenters. The van der Waals surface area contributed by atoms with Crippen molar-refractivity contribution < 1.29 is 22.8 Å². The molecule has 1 N–H and O–H groups in total. The molecule has 0 saturated heterocycles. The number of nitrogens with one attached hydrogen (secondary N) is 1. The molecule has 7 nitrogen and oxygen atoms in total. The second-order valence-corrected chi connectivity index (χ2v) is 8.94. The van der Waals surface area contributed by atoms with E-state index in [0.717, 1.165) is 16.8 Å². The number of ketones is 1. The summed E-state index contributed by atoms with van der Waals surface area (Å²) < 4.78 is 41.4. The fourth-order valence-electron chi connectivity index (χ4n) is 3.47. The summed E-state index contributed by atoms with van der Waals surface area (Å²) in [5.74, 6) is -0.640. The Labute approximate surface area is 204 Å². The summed E-state index contributed by atoms with van der Waals surface area (Å²) in [6.45, 7) is 4.07. The summed E-state index contributed by atoms with van der Waals surface area (Å²) in [5.41, 5.74) is -1.89. The van der Waals surface area contributed by atoms with Crippen molar-refractivity contribution in [2.45, 2.75) is 52.0 Å². The molecular weight excluding hydrogens is 485 g/mol. The molecule has 11 heteroatoms. The monoisotopic (exact) mass is 508 g/mol. The Bertz CT molecular complexity index is 1290. The third-order valence-electron chi connectivity index (χ3n) is 5.41. The Morgan fingerprint density at radius 3 is 2.26 bits per heavy atom. The molecule has 0 aliphatic heterocycles. The third kappa shape index (κ3) is 6.19. The molecule has 1 amide bonds. The first kappa shape index (κ1) is 26.2. The summed E-state index contributed by atoms with van der Waals surface area (Å²) in [4.78, 5) is 37.8. The van der Waals surface area contributed by atoms with E-state index < -0.39 is 35.4 Å². The number of rotatable bonds is 8. The van der Waals surface area contributed by atoms with Crippen LogP contribution in [0, 0.1) is 0 Å². The largest absolute Gasteiger partial charge is 0.416 e. The molecule has 0 spiro atoms. The number of Topliss-reactive ketones (excluding diaryl/α,β-unsaturated/α-hetero) is 1. The predicted octanol–water partition coefficient (Wildman–Crippen LogP) is 4.41. The summed E-state index contributed by atoms with van der Waals surface area (Å²) in [5, 5.41) is 7.38. The highest BCUT2D eigenvalue weighted by Gasteiger charge is 2.32. The smallest absolute Gasteiger partial charge is 0.346 e. The number of carbonyl (C=O) groups excluding carboxylic acids is 2. The van der Waals surface area contributed by atoms with Gasteiger partial charge in [-0.3, -0.25) is 14.2 Å². The Balaban J connectivity index is 1.88. The number of alkyl halides is 3. The van der Waals surface area contributed by atoms with E-state index in [4.69, 9.17) is 11.6 Å². The lowest BCUT2D eigenvalue weighted by molar-refractivity contribution is -0.137. The maximum absolute atomic E-state index is 13.1. The first-order chi connectivity index (χ1) is 16.3. The highest BCUT2D eigenvalue weighted by molar-refractivity contribution is 6.30. The average Bonchev–Trinajstić information content (AvgIpc) is 3.08. The molecule has 1 heterocycles. The molecule has 0 atom stereocenters. The van der Waals surface area contributed by atoms with Crippen LogP contribution in [0.1, 0.15) is 38.3 Å². The fourth-order valence-corrected chi connectivity index (χ4v) is 3.59. The van der Waals surface area contributed by atoms with Crippen LogP contribution in [-0.2, 0) is 34.4 Å². The Kier molecular flexibility index (Phi) is 7.54. The Morgan fingerprint density at radius 1 is 1.03 bits per heavy atom. The van der Waals surface area contributed by atoms with Gasteiger partial charge in [-0.25, -0.2) is 9.48 Å². The molecular formula is C24H24ClF3N4O3. The zero-order chi connectivity index (χ0) is 26.0. The highest BCUT2D eigenvalue weighted by Crippen LogP contribution is 2.32. The van der Waals surface area contributed by atoms with Crippen molar-refractivity contribution in [3.63, 3.8) is 0 Å². The maximum Gasteiger partial charge on any atom is 0.416 e. The zero-order valence-electron chi connectivity index (χ0n) is 19.3. The molecule has 0 aliphatic carbocycles. The van der Waals surface area contributed by atoms with Gasteiger partial charge in [-0.1, -0.05) is 30.7 Å². The van der Waals surface area contributed by atoms with E-state index in [0.29, 0.717) is 10.6 Å². The number of carbonyl (C=O) groups is 2. The number of hydrogen-bond donors (Lipinski definition) is 1. The number of halogens is 4. The van der Waals surface area contributed by atoms with Gasteiger partial charge in [-0.05, 0) is 55.8 Å². The predicted molar refractivity (Wildman–Crippen MR) is 125 cm³/mol. The van der Waals surface area contributed by atoms with Crippen molar-refractivity contribution in [2.24, 2.45) is 0 Å². The van der Waals surface area contributed by atoms with Crippen molar-refractivity contribution in [1.82, 2.24) is 19.7 Å². The molecule has 3 rings (SSSR count). The average molecular weight is 509 g/mol. The van der Waals surface area contributed by atoms with Crippen LogP contribution in [0.15, 0.2) is 53.3 Å². The number of benzene rings is 2. The number of hydrogen-bond acceptors (Lipinski definition) is 4. The van der Waals surface area contributed by atoms with Crippen molar-refractivity contribution in [2.75, 3.05) is 0 Å². The molecule has 35 heavy (non-hydrogen) atoms. The highest BCUT2D eigenvalue weighted by atomic mass is 35.5. The van der Waals surface area contributed by atoms with E-state index in [9.17, 15) is 27.6 Å². The van der Waals surface area contributed by atoms with Gasteiger partial charge in [0.2, 0.25) is 5.91 Å². The van der Waals surface area contributed by atoms with Crippen molar-refractivity contribution in [1.29, 1.82) is 0 Å². The van der Waals surface area contributed by atoms with Gasteiger partial charge in [0.25, 0.3) is 0 Å². The number of aromatic nitrogens is 3. The van der Waals surface area contributed by atoms with Crippen LogP contribution < -0.4 is 11.0 Å². The quantitative estimate of drug-likeness (QED) is 0.488. The van der Waals surface area contributed by atoms with E-state index >= 15 is 0 Å². The lowest BCUT2D eigenvalue weighted by Gasteiger charge is -2.27. The molecule has 0 radical (unpaired) electrons. The summed E-state index contributed by atoms with van der Waals surface area (Å²) in [6.07, 6.45) is -4.31. The fraction of sp³-hybridized carbons (Fsp3) is 0.333. The second kappa shape index (κ2) is 10.1. The molecule has 0 aliphatic rings. The van der Waals surface area contributed by atoms with Gasteiger partial charge in [-0.15, -0.1) is 5.10 Å². The van der Waals surface area contributed by atoms with E-state index in [1.807, 2.05) is 0 Å². The normalized spacial score (nSPS) is 12.0.